The topological polar surface area (TPSA) is 113 Å². The van der Waals surface area contributed by atoms with E-state index in [1.807, 2.05) is 0 Å². The summed E-state index contributed by atoms with van der Waals surface area (Å²) in [5, 5.41) is 11.9. The number of carboxylic acid groups (broad SMARTS) is 1. The van der Waals surface area contributed by atoms with Crippen molar-refractivity contribution in [3.8, 4) is 0 Å². The second-order valence-corrected chi connectivity index (χ2v) is 8.39. The Morgan fingerprint density at radius 3 is 2.37 bits per heavy atom. The van der Waals surface area contributed by atoms with E-state index in [-0.39, 0.29) is 27.8 Å². The molecule has 0 spiro atoms. The van der Waals surface area contributed by atoms with E-state index in [0.717, 1.165) is 18.4 Å². The zero-order valence-corrected chi connectivity index (χ0v) is 15.8. The molecule has 1 amide bonds. The van der Waals surface area contributed by atoms with Gasteiger partial charge in [0.1, 0.15) is 0 Å². The third-order valence-electron chi connectivity index (χ3n) is 4.32. The summed E-state index contributed by atoms with van der Waals surface area (Å²) in [6.45, 7) is 3.44. The molecule has 0 saturated heterocycles. The molecule has 3 rings (SSSR count). The number of carbonyl (C=O) groups excluding carboxylic acids is 1. The summed E-state index contributed by atoms with van der Waals surface area (Å²) in [4.78, 5) is 24.1. The molecule has 2 aromatic carbocycles. The second kappa shape index (κ2) is 7.13. The predicted molar refractivity (Wildman–Crippen MR) is 101 cm³/mol. The summed E-state index contributed by atoms with van der Waals surface area (Å²) in [6, 6.07) is 8.94. The average molecular weight is 388 g/mol. The normalized spacial score (nSPS) is 14.0. The smallest absolute Gasteiger partial charge is 0.337 e. The number of anilines is 1. The van der Waals surface area contributed by atoms with Crippen LogP contribution in [0.3, 0.4) is 0 Å². The standard InChI is InChI=1S/C19H20N2O5S/c1-11-3-8-17(16(9-11)19(23)24)20-18(22)15-10-14(7-4-12(15)2)27(25,26)21-13-5-6-13/h3-4,7-10,13,21H,5-6H2,1-2H3,(H,20,22)(H,23,24). The van der Waals surface area contributed by atoms with Crippen molar-refractivity contribution < 1.29 is 23.1 Å². The van der Waals surface area contributed by atoms with Gasteiger partial charge in [-0.25, -0.2) is 17.9 Å². The van der Waals surface area contributed by atoms with E-state index in [0.29, 0.717) is 5.56 Å². The van der Waals surface area contributed by atoms with Crippen molar-refractivity contribution in [3.63, 3.8) is 0 Å². The number of carbonyl (C=O) groups is 2. The third kappa shape index (κ3) is 4.35. The minimum absolute atomic E-state index is 0.00696. The molecule has 1 fully saturated rings. The molecule has 0 unspecified atom stereocenters. The van der Waals surface area contributed by atoms with Crippen LogP contribution in [0.1, 0.15) is 44.7 Å². The van der Waals surface area contributed by atoms with E-state index >= 15 is 0 Å². The third-order valence-corrected chi connectivity index (χ3v) is 5.83. The quantitative estimate of drug-likeness (QED) is 0.704. The number of benzene rings is 2. The maximum absolute atomic E-state index is 12.7. The molecule has 0 radical (unpaired) electrons. The molecule has 0 bridgehead atoms. The number of carboxylic acids is 1. The number of nitrogens with one attached hydrogen (secondary N) is 2. The number of aromatic carboxylic acids is 1. The van der Waals surface area contributed by atoms with Gasteiger partial charge in [0, 0.05) is 11.6 Å². The molecule has 8 heteroatoms. The van der Waals surface area contributed by atoms with Crippen LogP contribution in [0.25, 0.3) is 0 Å². The molecule has 1 aliphatic carbocycles. The molecule has 27 heavy (non-hydrogen) atoms. The Morgan fingerprint density at radius 1 is 1.04 bits per heavy atom. The Balaban J connectivity index is 1.91. The van der Waals surface area contributed by atoms with Gasteiger partial charge >= 0.3 is 5.97 Å². The van der Waals surface area contributed by atoms with Gasteiger partial charge in [-0.15, -0.1) is 0 Å². The van der Waals surface area contributed by atoms with Crippen molar-refractivity contribution >= 4 is 27.6 Å². The first-order valence-electron chi connectivity index (χ1n) is 8.45. The highest BCUT2D eigenvalue weighted by Crippen LogP contribution is 2.24. The number of hydrogen-bond donors (Lipinski definition) is 3. The number of aryl methyl sites for hydroxylation is 2. The van der Waals surface area contributed by atoms with E-state index in [4.69, 9.17) is 0 Å². The van der Waals surface area contributed by atoms with E-state index < -0.39 is 21.9 Å². The van der Waals surface area contributed by atoms with Crippen LogP contribution in [0, 0.1) is 13.8 Å². The van der Waals surface area contributed by atoms with Gasteiger partial charge in [-0.1, -0.05) is 17.7 Å². The SMILES string of the molecule is Cc1ccc(NC(=O)c2cc(S(=O)(=O)NC3CC3)ccc2C)c(C(=O)O)c1. The van der Waals surface area contributed by atoms with Crippen molar-refractivity contribution in [2.45, 2.75) is 37.6 Å². The fourth-order valence-corrected chi connectivity index (χ4v) is 3.97. The average Bonchev–Trinajstić information content (AvgIpc) is 3.39. The van der Waals surface area contributed by atoms with Crippen LogP contribution in [0.15, 0.2) is 41.3 Å². The molecule has 1 aliphatic rings. The van der Waals surface area contributed by atoms with E-state index in [1.54, 1.807) is 26.0 Å². The summed E-state index contributed by atoms with van der Waals surface area (Å²) in [5.41, 5.74) is 1.63. The number of hydrogen-bond acceptors (Lipinski definition) is 4. The number of rotatable bonds is 6. The predicted octanol–water partition coefficient (Wildman–Crippen LogP) is 2.69. The van der Waals surface area contributed by atoms with Crippen molar-refractivity contribution in [2.75, 3.05) is 5.32 Å². The Morgan fingerprint density at radius 2 is 1.74 bits per heavy atom. The lowest BCUT2D eigenvalue weighted by atomic mass is 10.1. The molecule has 1 saturated carbocycles. The molecule has 0 atom stereocenters. The largest absolute Gasteiger partial charge is 0.478 e. The highest BCUT2D eigenvalue weighted by molar-refractivity contribution is 7.89. The molecular formula is C19H20N2O5S. The minimum Gasteiger partial charge on any atom is -0.478 e. The first kappa shape index (κ1) is 19.1. The van der Waals surface area contributed by atoms with Crippen molar-refractivity contribution in [2.24, 2.45) is 0 Å². The Bertz CT molecular complexity index is 1030. The van der Waals surface area contributed by atoms with Crippen LogP contribution < -0.4 is 10.0 Å². The van der Waals surface area contributed by atoms with Crippen LogP contribution in [-0.4, -0.2) is 31.4 Å². The van der Waals surface area contributed by atoms with Gasteiger partial charge in [0.05, 0.1) is 16.1 Å². The lowest BCUT2D eigenvalue weighted by Crippen LogP contribution is -2.26. The Kier molecular flexibility index (Phi) is 5.03. The van der Waals surface area contributed by atoms with Gasteiger partial charge in [-0.3, -0.25) is 4.79 Å². The zero-order valence-electron chi connectivity index (χ0n) is 14.9. The monoisotopic (exact) mass is 388 g/mol. The van der Waals surface area contributed by atoms with E-state index in [1.165, 1.54) is 24.3 Å². The lowest BCUT2D eigenvalue weighted by molar-refractivity contribution is 0.0698. The van der Waals surface area contributed by atoms with E-state index in [2.05, 4.69) is 10.0 Å². The molecule has 0 heterocycles. The van der Waals surface area contributed by atoms with Crippen LogP contribution in [0.4, 0.5) is 5.69 Å². The maximum atomic E-state index is 12.7. The van der Waals surface area contributed by atoms with Crippen LogP contribution in [0.5, 0.6) is 0 Å². The summed E-state index contributed by atoms with van der Waals surface area (Å²) in [6.07, 6.45) is 1.62. The fraction of sp³-hybridized carbons (Fsp3) is 0.263. The molecule has 0 aliphatic heterocycles. The van der Waals surface area contributed by atoms with Crippen molar-refractivity contribution in [1.82, 2.24) is 4.72 Å². The minimum atomic E-state index is -3.69. The molecule has 0 aromatic heterocycles. The lowest BCUT2D eigenvalue weighted by Gasteiger charge is -2.12. The highest BCUT2D eigenvalue weighted by Gasteiger charge is 2.28. The number of sulfonamides is 1. The first-order chi connectivity index (χ1) is 12.7. The van der Waals surface area contributed by atoms with Gasteiger partial charge in [0.2, 0.25) is 10.0 Å². The summed E-state index contributed by atoms with van der Waals surface area (Å²) >= 11 is 0. The van der Waals surface area contributed by atoms with Gasteiger partial charge in [-0.05, 0) is 56.5 Å². The number of amides is 1. The second-order valence-electron chi connectivity index (χ2n) is 6.68. The Hall–Kier alpha value is -2.71. The first-order valence-corrected chi connectivity index (χ1v) is 9.94. The van der Waals surface area contributed by atoms with Crippen LogP contribution in [0.2, 0.25) is 0 Å². The van der Waals surface area contributed by atoms with Gasteiger partial charge in [0.15, 0.2) is 0 Å². The Labute approximate surface area is 157 Å². The summed E-state index contributed by atoms with van der Waals surface area (Å²) in [5.74, 6) is -1.72. The molecule has 7 nitrogen and oxygen atoms in total. The van der Waals surface area contributed by atoms with Crippen LogP contribution in [-0.2, 0) is 10.0 Å². The van der Waals surface area contributed by atoms with Crippen molar-refractivity contribution in [1.29, 1.82) is 0 Å². The fourth-order valence-electron chi connectivity index (χ4n) is 2.64. The molecule has 3 N–H and O–H groups in total. The molecular weight excluding hydrogens is 368 g/mol. The van der Waals surface area contributed by atoms with Crippen LogP contribution >= 0.6 is 0 Å². The highest BCUT2D eigenvalue weighted by atomic mass is 32.2. The van der Waals surface area contributed by atoms with Gasteiger partial charge < -0.3 is 10.4 Å². The van der Waals surface area contributed by atoms with Gasteiger partial charge in [0.25, 0.3) is 5.91 Å². The van der Waals surface area contributed by atoms with Crippen molar-refractivity contribution in [3.05, 3.63) is 58.7 Å². The zero-order chi connectivity index (χ0) is 19.8. The summed E-state index contributed by atoms with van der Waals surface area (Å²) < 4.78 is 27.3. The summed E-state index contributed by atoms with van der Waals surface area (Å²) in [7, 11) is -3.69. The van der Waals surface area contributed by atoms with Gasteiger partial charge in [-0.2, -0.15) is 0 Å². The van der Waals surface area contributed by atoms with E-state index in [9.17, 15) is 23.1 Å². The molecule has 2 aromatic rings. The maximum Gasteiger partial charge on any atom is 0.337 e. The molecule has 142 valence electrons.